The van der Waals surface area contributed by atoms with Crippen molar-refractivity contribution < 1.29 is 14.6 Å². The second-order valence-corrected chi connectivity index (χ2v) is 5.25. The zero-order chi connectivity index (χ0) is 16.6. The van der Waals surface area contributed by atoms with E-state index in [9.17, 15) is 9.90 Å². The summed E-state index contributed by atoms with van der Waals surface area (Å²) < 4.78 is 5.04. The van der Waals surface area contributed by atoms with E-state index in [1.807, 2.05) is 0 Å². The number of hydrazone groups is 1. The van der Waals surface area contributed by atoms with Crippen LogP contribution in [0.5, 0.6) is 11.5 Å². The minimum absolute atomic E-state index is 0.0174. The number of amides is 2. The van der Waals surface area contributed by atoms with Crippen LogP contribution in [-0.4, -0.2) is 66.6 Å². The standard InChI is InChI=1S/C14H18N6O3/c1-19-11-12(20(2)14(19)22)17-13(16-11)18-15-7-8-5-4-6-9(23-3)10(8)21/h4-7,11-12,21H,1-3H3,(H2,16,17,18)/b15-7+. The van der Waals surface area contributed by atoms with Gasteiger partial charge in [-0.25, -0.2) is 15.2 Å². The number of para-hydroxylation sites is 1. The molecule has 23 heavy (non-hydrogen) atoms. The van der Waals surface area contributed by atoms with Gasteiger partial charge in [0.15, 0.2) is 17.7 Å². The summed E-state index contributed by atoms with van der Waals surface area (Å²) in [5.74, 6) is 0.857. The minimum Gasteiger partial charge on any atom is -0.504 e. The molecule has 1 fully saturated rings. The number of likely N-dealkylation sites (N-methyl/N-ethyl adjacent to an activating group) is 2. The molecule has 2 atom stereocenters. The molecule has 0 spiro atoms. The van der Waals surface area contributed by atoms with E-state index in [2.05, 4.69) is 20.8 Å². The van der Waals surface area contributed by atoms with Gasteiger partial charge in [-0.15, -0.1) is 0 Å². The summed E-state index contributed by atoms with van der Waals surface area (Å²) in [5.41, 5.74) is 3.29. The van der Waals surface area contributed by atoms with Crippen molar-refractivity contribution in [2.24, 2.45) is 10.1 Å². The van der Waals surface area contributed by atoms with Gasteiger partial charge in [0, 0.05) is 19.7 Å². The molecule has 2 heterocycles. The molecule has 2 amide bonds. The van der Waals surface area contributed by atoms with Crippen LogP contribution in [0.1, 0.15) is 5.56 Å². The molecule has 0 radical (unpaired) electrons. The molecule has 3 rings (SSSR count). The van der Waals surface area contributed by atoms with E-state index < -0.39 is 0 Å². The molecule has 2 aliphatic rings. The first-order valence-corrected chi connectivity index (χ1v) is 7.02. The summed E-state index contributed by atoms with van der Waals surface area (Å²) in [6.07, 6.45) is 0.972. The molecule has 0 aromatic heterocycles. The van der Waals surface area contributed by atoms with E-state index in [4.69, 9.17) is 4.74 Å². The molecular formula is C14H18N6O3. The SMILES string of the molecule is COc1cccc(/C=N/NC2=NC3C(N2)N(C)C(=O)N3C)c1O. The van der Waals surface area contributed by atoms with E-state index >= 15 is 0 Å². The van der Waals surface area contributed by atoms with Crippen LogP contribution < -0.4 is 15.5 Å². The van der Waals surface area contributed by atoms with Crippen molar-refractivity contribution in [3.8, 4) is 11.5 Å². The number of carbonyl (C=O) groups is 1. The average Bonchev–Trinajstić information content (AvgIpc) is 3.05. The lowest BCUT2D eigenvalue weighted by atomic mass is 10.2. The minimum atomic E-state index is -0.282. The number of ether oxygens (including phenoxy) is 1. The maximum atomic E-state index is 11.8. The number of rotatable bonds is 3. The Hall–Kier alpha value is -2.97. The summed E-state index contributed by atoms with van der Waals surface area (Å²) in [4.78, 5) is 19.3. The Balaban J connectivity index is 1.67. The van der Waals surface area contributed by atoms with Crippen LogP contribution in [0, 0.1) is 0 Å². The summed E-state index contributed by atoms with van der Waals surface area (Å²) in [5, 5.41) is 17.1. The highest BCUT2D eigenvalue weighted by Gasteiger charge is 2.45. The molecule has 0 saturated carbocycles. The molecule has 122 valence electrons. The van der Waals surface area contributed by atoms with Gasteiger partial charge in [0.05, 0.1) is 13.3 Å². The molecule has 1 aromatic carbocycles. The maximum absolute atomic E-state index is 11.8. The lowest BCUT2D eigenvalue weighted by Gasteiger charge is -2.16. The maximum Gasteiger partial charge on any atom is 0.323 e. The first-order valence-electron chi connectivity index (χ1n) is 7.02. The van der Waals surface area contributed by atoms with E-state index in [-0.39, 0.29) is 24.1 Å². The van der Waals surface area contributed by atoms with Gasteiger partial charge in [-0.3, -0.25) is 0 Å². The highest BCUT2D eigenvalue weighted by molar-refractivity contribution is 5.89. The van der Waals surface area contributed by atoms with Gasteiger partial charge in [-0.1, -0.05) is 6.07 Å². The number of urea groups is 1. The number of guanidine groups is 1. The fourth-order valence-corrected chi connectivity index (χ4v) is 2.56. The van der Waals surface area contributed by atoms with Gasteiger partial charge in [0.2, 0.25) is 5.96 Å². The number of methoxy groups -OCH3 is 1. The molecule has 1 aromatic rings. The van der Waals surface area contributed by atoms with Crippen molar-refractivity contribution in [2.45, 2.75) is 12.3 Å². The van der Waals surface area contributed by atoms with Crippen molar-refractivity contribution in [3.63, 3.8) is 0 Å². The first kappa shape index (κ1) is 14.9. The summed E-state index contributed by atoms with van der Waals surface area (Å²) in [6.45, 7) is 0. The summed E-state index contributed by atoms with van der Waals surface area (Å²) in [6, 6.07) is 5.04. The molecule has 2 aliphatic heterocycles. The third-order valence-corrected chi connectivity index (χ3v) is 3.87. The van der Waals surface area contributed by atoms with E-state index in [0.29, 0.717) is 17.3 Å². The lowest BCUT2D eigenvalue weighted by molar-refractivity contribution is 0.198. The second-order valence-electron chi connectivity index (χ2n) is 5.25. The fraction of sp³-hybridized carbons (Fsp3) is 0.357. The Bertz CT molecular complexity index is 689. The van der Waals surface area contributed by atoms with Crippen LogP contribution in [0.2, 0.25) is 0 Å². The monoisotopic (exact) mass is 318 g/mol. The molecule has 2 unspecified atom stereocenters. The van der Waals surface area contributed by atoms with E-state index in [1.54, 1.807) is 42.1 Å². The number of benzene rings is 1. The van der Waals surface area contributed by atoms with Crippen molar-refractivity contribution in [1.82, 2.24) is 20.5 Å². The third-order valence-electron chi connectivity index (χ3n) is 3.87. The Kier molecular flexibility index (Phi) is 3.68. The van der Waals surface area contributed by atoms with Crippen molar-refractivity contribution >= 4 is 18.2 Å². The summed E-state index contributed by atoms with van der Waals surface area (Å²) in [7, 11) is 4.90. The van der Waals surface area contributed by atoms with E-state index in [1.165, 1.54) is 13.3 Å². The zero-order valence-electron chi connectivity index (χ0n) is 13.0. The van der Waals surface area contributed by atoms with Crippen LogP contribution in [0.4, 0.5) is 4.79 Å². The summed E-state index contributed by atoms with van der Waals surface area (Å²) >= 11 is 0. The normalized spacial score (nSPS) is 23.1. The number of aromatic hydroxyl groups is 1. The van der Waals surface area contributed by atoms with Gasteiger partial charge < -0.3 is 25.0 Å². The Morgan fingerprint density at radius 3 is 2.91 bits per heavy atom. The van der Waals surface area contributed by atoms with Crippen molar-refractivity contribution in [3.05, 3.63) is 23.8 Å². The van der Waals surface area contributed by atoms with Crippen LogP contribution in [0.15, 0.2) is 28.3 Å². The smallest absolute Gasteiger partial charge is 0.323 e. The molecule has 0 aliphatic carbocycles. The number of hydrogen-bond donors (Lipinski definition) is 3. The molecule has 9 heteroatoms. The zero-order valence-corrected chi connectivity index (χ0v) is 13.0. The van der Waals surface area contributed by atoms with Crippen molar-refractivity contribution in [2.75, 3.05) is 21.2 Å². The quantitative estimate of drug-likeness (QED) is 0.535. The topological polar surface area (TPSA) is 102 Å². The fourth-order valence-electron chi connectivity index (χ4n) is 2.56. The number of hydrogen-bond acceptors (Lipinski definition) is 7. The number of nitrogens with one attached hydrogen (secondary N) is 2. The number of aliphatic imine (C=N–C) groups is 1. The van der Waals surface area contributed by atoms with Crippen LogP contribution >= 0.6 is 0 Å². The van der Waals surface area contributed by atoms with Gasteiger partial charge in [-0.05, 0) is 12.1 Å². The highest BCUT2D eigenvalue weighted by atomic mass is 16.5. The number of phenols is 1. The number of phenolic OH excluding ortho intramolecular Hbond substituents is 1. The number of nitrogens with zero attached hydrogens (tertiary/aromatic N) is 4. The second kappa shape index (κ2) is 5.67. The molecule has 3 N–H and O–H groups in total. The van der Waals surface area contributed by atoms with Gasteiger partial charge >= 0.3 is 6.03 Å². The Morgan fingerprint density at radius 1 is 1.43 bits per heavy atom. The predicted octanol–water partition coefficient (Wildman–Crippen LogP) is -0.0671. The van der Waals surface area contributed by atoms with Crippen molar-refractivity contribution in [1.29, 1.82) is 0 Å². The van der Waals surface area contributed by atoms with Crippen LogP contribution in [0.3, 0.4) is 0 Å². The first-order chi connectivity index (χ1) is 11.0. The Labute approximate surface area is 133 Å². The third kappa shape index (κ3) is 2.50. The average molecular weight is 318 g/mol. The number of fused-ring (bicyclic) bond motifs is 1. The Morgan fingerprint density at radius 2 is 2.22 bits per heavy atom. The lowest BCUT2D eigenvalue weighted by Crippen LogP contribution is -2.45. The molecular weight excluding hydrogens is 300 g/mol. The molecule has 1 saturated heterocycles. The highest BCUT2D eigenvalue weighted by Crippen LogP contribution is 2.28. The number of carbonyl (C=O) groups excluding carboxylic acids is 1. The van der Waals surface area contributed by atoms with Crippen LogP contribution in [-0.2, 0) is 0 Å². The molecule has 0 bridgehead atoms. The van der Waals surface area contributed by atoms with Gasteiger partial charge in [0.25, 0.3) is 0 Å². The molecule has 9 nitrogen and oxygen atoms in total. The largest absolute Gasteiger partial charge is 0.504 e. The van der Waals surface area contributed by atoms with Gasteiger partial charge in [0.1, 0.15) is 6.17 Å². The van der Waals surface area contributed by atoms with Gasteiger partial charge in [-0.2, -0.15) is 5.10 Å². The van der Waals surface area contributed by atoms with E-state index in [0.717, 1.165) is 0 Å². The van der Waals surface area contributed by atoms with Crippen LogP contribution in [0.25, 0.3) is 0 Å². The predicted molar refractivity (Wildman–Crippen MR) is 84.5 cm³/mol.